The first-order valence-corrected chi connectivity index (χ1v) is 11.3. The van der Waals surface area contributed by atoms with Gasteiger partial charge in [-0.3, -0.25) is 4.79 Å². The van der Waals surface area contributed by atoms with Gasteiger partial charge in [0.1, 0.15) is 0 Å². The van der Waals surface area contributed by atoms with E-state index in [-0.39, 0.29) is 28.9 Å². The number of halogens is 1. The number of carboxylic acids is 1. The van der Waals surface area contributed by atoms with Crippen molar-refractivity contribution in [1.29, 1.82) is 0 Å². The number of ether oxygens (including phenoxy) is 1. The molecule has 3 aromatic rings. The first kappa shape index (κ1) is 24.2. The number of thioether (sulfide) groups is 1. The third-order valence-corrected chi connectivity index (χ3v) is 5.49. The number of para-hydroxylation sites is 1. The van der Waals surface area contributed by atoms with Crippen molar-refractivity contribution in [3.63, 3.8) is 0 Å². The zero-order valence-electron chi connectivity index (χ0n) is 18.5. The topological polar surface area (TPSA) is 106 Å². The van der Waals surface area contributed by atoms with Gasteiger partial charge in [0.25, 0.3) is 0 Å². The molecular weight excluding hydrogens is 447 g/mol. The van der Waals surface area contributed by atoms with Crippen LogP contribution in [0.5, 0.6) is 5.75 Å². The number of hydrogen-bond acceptors (Lipinski definition) is 6. The van der Waals surface area contributed by atoms with E-state index >= 15 is 0 Å². The molecule has 33 heavy (non-hydrogen) atoms. The molecule has 1 unspecified atom stereocenters. The Morgan fingerprint density at radius 1 is 1.15 bits per heavy atom. The SMILES string of the molecule is CC(C)Cn1c(SCC(=O)Nc2cccc(C(=O)O)c2)nnc1C(C)Oc1ccccc1F. The summed E-state index contributed by atoms with van der Waals surface area (Å²) in [5, 5.41) is 20.8. The van der Waals surface area contributed by atoms with Crippen LogP contribution in [0.15, 0.2) is 53.7 Å². The highest BCUT2D eigenvalue weighted by molar-refractivity contribution is 7.99. The Bertz CT molecular complexity index is 1140. The molecular formula is C23H25FN4O4S. The number of nitrogens with one attached hydrogen (secondary N) is 1. The summed E-state index contributed by atoms with van der Waals surface area (Å²) in [6, 6.07) is 12.2. The van der Waals surface area contributed by atoms with Gasteiger partial charge in [-0.1, -0.05) is 43.8 Å². The van der Waals surface area contributed by atoms with E-state index < -0.39 is 17.9 Å². The lowest BCUT2D eigenvalue weighted by atomic mass is 10.2. The maximum atomic E-state index is 14.0. The molecule has 0 bridgehead atoms. The molecule has 0 saturated heterocycles. The van der Waals surface area contributed by atoms with E-state index in [0.29, 0.717) is 23.2 Å². The molecule has 0 aliphatic rings. The Balaban J connectivity index is 1.70. The summed E-state index contributed by atoms with van der Waals surface area (Å²) in [6.07, 6.45) is -0.560. The van der Waals surface area contributed by atoms with Gasteiger partial charge in [-0.05, 0) is 43.2 Å². The summed E-state index contributed by atoms with van der Waals surface area (Å²) in [6.45, 7) is 6.45. The fourth-order valence-electron chi connectivity index (χ4n) is 3.08. The van der Waals surface area contributed by atoms with Crippen LogP contribution in [0.3, 0.4) is 0 Å². The number of hydrogen-bond donors (Lipinski definition) is 2. The number of carboxylic acid groups (broad SMARTS) is 1. The van der Waals surface area contributed by atoms with Crippen molar-refractivity contribution in [3.05, 3.63) is 65.7 Å². The summed E-state index contributed by atoms with van der Waals surface area (Å²) in [5.74, 6) is -0.855. The largest absolute Gasteiger partial charge is 0.480 e. The molecule has 0 fully saturated rings. The van der Waals surface area contributed by atoms with E-state index in [2.05, 4.69) is 15.5 Å². The average molecular weight is 473 g/mol. The smallest absolute Gasteiger partial charge is 0.335 e. The van der Waals surface area contributed by atoms with Crippen LogP contribution in [0.1, 0.15) is 43.1 Å². The summed E-state index contributed by atoms with van der Waals surface area (Å²) in [5.41, 5.74) is 0.488. The molecule has 0 spiro atoms. The molecule has 8 nitrogen and oxygen atoms in total. The normalized spacial score (nSPS) is 11.9. The summed E-state index contributed by atoms with van der Waals surface area (Å²) < 4.78 is 21.6. The van der Waals surface area contributed by atoms with Crippen molar-refractivity contribution in [1.82, 2.24) is 14.8 Å². The molecule has 174 valence electrons. The second-order valence-corrected chi connectivity index (χ2v) is 8.70. The Morgan fingerprint density at radius 3 is 2.61 bits per heavy atom. The number of aromatic nitrogens is 3. The Hall–Kier alpha value is -3.40. The van der Waals surface area contributed by atoms with Crippen molar-refractivity contribution in [2.45, 2.75) is 38.6 Å². The molecule has 1 atom stereocenters. The predicted molar refractivity (Wildman–Crippen MR) is 123 cm³/mol. The van der Waals surface area contributed by atoms with Crippen molar-refractivity contribution in [3.8, 4) is 5.75 Å². The highest BCUT2D eigenvalue weighted by Gasteiger charge is 2.22. The van der Waals surface area contributed by atoms with Crippen molar-refractivity contribution >= 4 is 29.3 Å². The molecule has 0 aliphatic heterocycles. The van der Waals surface area contributed by atoms with Gasteiger partial charge >= 0.3 is 5.97 Å². The molecule has 0 aliphatic carbocycles. The van der Waals surface area contributed by atoms with Gasteiger partial charge in [0, 0.05) is 12.2 Å². The fourth-order valence-corrected chi connectivity index (χ4v) is 3.84. The quantitative estimate of drug-likeness (QED) is 0.414. The van der Waals surface area contributed by atoms with Crippen LogP contribution in [0.2, 0.25) is 0 Å². The highest BCUT2D eigenvalue weighted by Crippen LogP contribution is 2.27. The number of nitrogens with zero attached hydrogens (tertiary/aromatic N) is 3. The molecule has 0 saturated carbocycles. The van der Waals surface area contributed by atoms with Crippen molar-refractivity contribution in [2.75, 3.05) is 11.1 Å². The van der Waals surface area contributed by atoms with E-state index in [9.17, 15) is 14.0 Å². The minimum Gasteiger partial charge on any atom is -0.480 e. The number of benzene rings is 2. The number of aromatic carboxylic acids is 1. The molecule has 1 amide bonds. The Labute approximate surface area is 195 Å². The number of carbonyl (C=O) groups is 2. The van der Waals surface area contributed by atoms with Gasteiger partial charge in [0.2, 0.25) is 5.91 Å². The van der Waals surface area contributed by atoms with Crippen LogP contribution in [-0.4, -0.2) is 37.5 Å². The minimum atomic E-state index is -1.07. The van der Waals surface area contributed by atoms with Gasteiger partial charge in [-0.15, -0.1) is 10.2 Å². The van der Waals surface area contributed by atoms with E-state index in [1.807, 2.05) is 18.4 Å². The van der Waals surface area contributed by atoms with Gasteiger partial charge in [-0.2, -0.15) is 0 Å². The van der Waals surface area contributed by atoms with Gasteiger partial charge in [0.05, 0.1) is 11.3 Å². The number of amides is 1. The number of carbonyl (C=O) groups excluding carboxylic acids is 1. The second-order valence-electron chi connectivity index (χ2n) is 7.76. The van der Waals surface area contributed by atoms with E-state index in [1.54, 1.807) is 37.3 Å². The van der Waals surface area contributed by atoms with Gasteiger partial charge in [-0.25, -0.2) is 9.18 Å². The summed E-state index contributed by atoms with van der Waals surface area (Å²) in [7, 11) is 0. The maximum Gasteiger partial charge on any atom is 0.335 e. The van der Waals surface area contributed by atoms with Crippen molar-refractivity contribution in [2.24, 2.45) is 5.92 Å². The second kappa shape index (κ2) is 11.0. The molecule has 2 aromatic carbocycles. The van der Waals surface area contributed by atoms with Crippen LogP contribution in [-0.2, 0) is 11.3 Å². The zero-order valence-corrected chi connectivity index (χ0v) is 19.3. The lowest BCUT2D eigenvalue weighted by Crippen LogP contribution is -2.17. The summed E-state index contributed by atoms with van der Waals surface area (Å²) in [4.78, 5) is 23.5. The third-order valence-electron chi connectivity index (χ3n) is 4.52. The predicted octanol–water partition coefficient (Wildman–Crippen LogP) is 4.64. The standard InChI is InChI=1S/C23H25FN4O4S/c1-14(2)12-28-21(15(3)32-19-10-5-4-9-18(19)24)26-27-23(28)33-13-20(29)25-17-8-6-7-16(11-17)22(30)31/h4-11,14-15H,12-13H2,1-3H3,(H,25,29)(H,30,31). The molecule has 3 rings (SSSR count). The highest BCUT2D eigenvalue weighted by atomic mass is 32.2. The van der Waals surface area contributed by atoms with Crippen molar-refractivity contribution < 1.29 is 23.8 Å². The monoisotopic (exact) mass is 472 g/mol. The van der Waals surface area contributed by atoms with Crippen LogP contribution in [0, 0.1) is 11.7 Å². The molecule has 1 aromatic heterocycles. The zero-order chi connectivity index (χ0) is 24.0. The molecule has 2 N–H and O–H groups in total. The number of anilines is 1. The van der Waals surface area contributed by atoms with Gasteiger partial charge in [0.15, 0.2) is 28.7 Å². The van der Waals surface area contributed by atoms with E-state index in [4.69, 9.17) is 9.84 Å². The fraction of sp³-hybridized carbons (Fsp3) is 0.304. The number of rotatable bonds is 10. The van der Waals surface area contributed by atoms with E-state index in [1.165, 1.54) is 30.0 Å². The molecule has 1 heterocycles. The molecule has 0 radical (unpaired) electrons. The molecule has 10 heteroatoms. The van der Waals surface area contributed by atoms with Crippen LogP contribution < -0.4 is 10.1 Å². The Kier molecular flexibility index (Phi) is 8.05. The lowest BCUT2D eigenvalue weighted by molar-refractivity contribution is -0.113. The average Bonchev–Trinajstić information content (AvgIpc) is 3.16. The van der Waals surface area contributed by atoms with Gasteiger partial charge < -0.3 is 19.7 Å². The van der Waals surface area contributed by atoms with Crippen LogP contribution >= 0.6 is 11.8 Å². The third kappa shape index (κ3) is 6.55. The summed E-state index contributed by atoms with van der Waals surface area (Å²) >= 11 is 1.21. The lowest BCUT2D eigenvalue weighted by Gasteiger charge is -2.18. The maximum absolute atomic E-state index is 14.0. The first-order chi connectivity index (χ1) is 15.7. The Morgan fingerprint density at radius 2 is 1.91 bits per heavy atom. The first-order valence-electron chi connectivity index (χ1n) is 10.3. The van der Waals surface area contributed by atoms with Crippen LogP contribution in [0.4, 0.5) is 10.1 Å². The van der Waals surface area contributed by atoms with E-state index in [0.717, 1.165) is 0 Å². The minimum absolute atomic E-state index is 0.0517. The van der Waals surface area contributed by atoms with Crippen LogP contribution in [0.25, 0.3) is 0 Å².